The zero-order valence-electron chi connectivity index (χ0n) is 16.3. The highest BCUT2D eigenvalue weighted by Gasteiger charge is 2.33. The van der Waals surface area contributed by atoms with Crippen molar-refractivity contribution in [1.29, 1.82) is 0 Å². The molecule has 172 valence electrons. The molecule has 1 aliphatic rings. The van der Waals surface area contributed by atoms with Gasteiger partial charge < -0.3 is 0 Å². The Hall–Kier alpha value is -2.94. The van der Waals surface area contributed by atoms with Crippen LogP contribution in [0.3, 0.4) is 0 Å². The Morgan fingerprint density at radius 1 is 0.750 bits per heavy atom. The number of nitro benzene ring substituents is 2. The van der Waals surface area contributed by atoms with Crippen LogP contribution in [0.4, 0.5) is 11.4 Å². The van der Waals surface area contributed by atoms with Gasteiger partial charge in [-0.05, 0) is 54.4 Å². The first-order valence-corrected chi connectivity index (χ1v) is 12.2. The highest BCUT2D eigenvalue weighted by molar-refractivity contribution is 7.86. The lowest BCUT2D eigenvalue weighted by molar-refractivity contribution is -0.385. The van der Waals surface area contributed by atoms with E-state index in [1.54, 1.807) is 0 Å². The first-order chi connectivity index (χ1) is 14.8. The highest BCUT2D eigenvalue weighted by atomic mass is 32.2. The molecule has 0 radical (unpaired) electrons. The van der Waals surface area contributed by atoms with Gasteiger partial charge >= 0.3 is 0 Å². The van der Waals surface area contributed by atoms with Crippen molar-refractivity contribution in [3.8, 4) is 0 Å². The molecular weight excluding hydrogens is 468 g/mol. The largest absolute Gasteiger partial charge is 0.294 e. The van der Waals surface area contributed by atoms with Gasteiger partial charge in [0.1, 0.15) is 0 Å². The summed E-state index contributed by atoms with van der Waals surface area (Å²) in [6, 6.07) is 5.86. The molecule has 0 amide bonds. The van der Waals surface area contributed by atoms with Crippen LogP contribution in [0.1, 0.15) is 48.6 Å². The van der Waals surface area contributed by atoms with E-state index in [0.29, 0.717) is 19.3 Å². The van der Waals surface area contributed by atoms with Gasteiger partial charge in [0.25, 0.3) is 31.6 Å². The van der Waals surface area contributed by atoms with E-state index >= 15 is 0 Å². The van der Waals surface area contributed by atoms with E-state index in [1.165, 1.54) is 0 Å². The lowest BCUT2D eigenvalue weighted by atomic mass is 9.75. The third-order valence-electron chi connectivity index (χ3n) is 5.52. The van der Waals surface area contributed by atoms with Gasteiger partial charge in [0, 0.05) is 24.3 Å². The van der Waals surface area contributed by atoms with Crippen LogP contribution in [0.15, 0.2) is 46.2 Å². The summed E-state index contributed by atoms with van der Waals surface area (Å²) >= 11 is 0. The topological polar surface area (TPSA) is 195 Å². The standard InChI is InChI=1S/C18H18N2O10S2/c21-19(22)13-4-6-17(31(25,26)27)15(9-13)11-2-1-3-12(8-11)16-10-14(20(23)24)5-7-18(16)32(28,29)30/h4-7,9-12H,1-3,8H2,(H,25,26,27)(H,28,29,30). The van der Waals surface area contributed by atoms with E-state index in [2.05, 4.69) is 0 Å². The summed E-state index contributed by atoms with van der Waals surface area (Å²) in [5.74, 6) is -1.25. The molecule has 1 fully saturated rings. The number of benzene rings is 2. The summed E-state index contributed by atoms with van der Waals surface area (Å²) in [5, 5.41) is 22.3. The lowest BCUT2D eigenvalue weighted by Crippen LogP contribution is -2.18. The molecule has 1 saturated carbocycles. The third-order valence-corrected chi connectivity index (χ3v) is 7.37. The van der Waals surface area contributed by atoms with Crippen molar-refractivity contribution in [2.45, 2.75) is 47.3 Å². The maximum atomic E-state index is 11.8. The van der Waals surface area contributed by atoms with Crippen LogP contribution in [0, 0.1) is 20.2 Å². The molecule has 0 aliphatic heterocycles. The molecule has 2 aromatic rings. The van der Waals surface area contributed by atoms with E-state index in [9.17, 15) is 46.2 Å². The van der Waals surface area contributed by atoms with Crippen LogP contribution in [0.5, 0.6) is 0 Å². The summed E-state index contributed by atoms with van der Waals surface area (Å²) in [7, 11) is -9.41. The second-order valence-corrected chi connectivity index (χ2v) is 10.2. The predicted octanol–water partition coefficient (Wildman–Crippen LogP) is 3.44. The molecule has 2 unspecified atom stereocenters. The van der Waals surface area contributed by atoms with Crippen LogP contribution in [0.25, 0.3) is 0 Å². The van der Waals surface area contributed by atoms with Crippen LogP contribution in [0.2, 0.25) is 0 Å². The Balaban J connectivity index is 2.11. The predicted molar refractivity (Wildman–Crippen MR) is 110 cm³/mol. The Morgan fingerprint density at radius 3 is 1.44 bits per heavy atom. The summed E-state index contributed by atoms with van der Waals surface area (Å²) in [6.07, 6.45) is 1.30. The molecule has 12 nitrogen and oxygen atoms in total. The van der Waals surface area contributed by atoms with Crippen molar-refractivity contribution in [3.63, 3.8) is 0 Å². The molecule has 3 rings (SSSR count). The normalized spacial score (nSPS) is 19.4. The molecule has 32 heavy (non-hydrogen) atoms. The molecule has 2 atom stereocenters. The highest BCUT2D eigenvalue weighted by Crippen LogP contribution is 2.45. The number of nitro groups is 2. The Kier molecular flexibility index (Phi) is 6.33. The fourth-order valence-corrected chi connectivity index (χ4v) is 5.69. The van der Waals surface area contributed by atoms with Gasteiger partial charge in [-0.3, -0.25) is 29.3 Å². The van der Waals surface area contributed by atoms with Crippen molar-refractivity contribution in [2.24, 2.45) is 0 Å². The van der Waals surface area contributed by atoms with E-state index in [4.69, 9.17) is 0 Å². The zero-order chi connectivity index (χ0) is 23.8. The number of non-ortho nitro benzene ring substituents is 2. The second kappa shape index (κ2) is 8.54. The minimum Gasteiger partial charge on any atom is -0.282 e. The van der Waals surface area contributed by atoms with E-state index in [-0.39, 0.29) is 28.9 Å². The fourth-order valence-electron chi connectivity index (χ4n) is 4.16. The monoisotopic (exact) mass is 486 g/mol. The van der Waals surface area contributed by atoms with Crippen LogP contribution < -0.4 is 0 Å². The van der Waals surface area contributed by atoms with Gasteiger partial charge in [-0.15, -0.1) is 0 Å². The molecule has 2 aromatic carbocycles. The van der Waals surface area contributed by atoms with Gasteiger partial charge in [-0.1, -0.05) is 6.42 Å². The molecule has 0 aromatic heterocycles. The first kappa shape index (κ1) is 23.7. The smallest absolute Gasteiger partial charge is 0.282 e. The number of hydrogen-bond acceptors (Lipinski definition) is 8. The number of nitrogens with zero attached hydrogens (tertiary/aromatic N) is 2. The minimum absolute atomic E-state index is 0.00485. The van der Waals surface area contributed by atoms with Crippen molar-refractivity contribution < 1.29 is 35.8 Å². The van der Waals surface area contributed by atoms with Gasteiger partial charge in [0.15, 0.2) is 0 Å². The third kappa shape index (κ3) is 4.93. The van der Waals surface area contributed by atoms with E-state index in [1.807, 2.05) is 0 Å². The van der Waals surface area contributed by atoms with E-state index < -0.39 is 51.7 Å². The molecule has 0 saturated heterocycles. The summed E-state index contributed by atoms with van der Waals surface area (Å²) in [5.41, 5.74) is -0.762. The Labute approximate surface area is 182 Å². The average Bonchev–Trinajstić information content (AvgIpc) is 2.71. The summed E-state index contributed by atoms with van der Waals surface area (Å²) in [4.78, 5) is 19.9. The van der Waals surface area contributed by atoms with Crippen molar-refractivity contribution >= 4 is 31.6 Å². The molecule has 0 bridgehead atoms. The molecule has 14 heteroatoms. The summed E-state index contributed by atoms with van der Waals surface area (Å²) < 4.78 is 66.5. The molecule has 2 N–H and O–H groups in total. The molecule has 0 spiro atoms. The van der Waals surface area contributed by atoms with Crippen molar-refractivity contribution in [1.82, 2.24) is 0 Å². The summed E-state index contributed by atoms with van der Waals surface area (Å²) in [6.45, 7) is 0. The van der Waals surface area contributed by atoms with E-state index in [0.717, 1.165) is 36.4 Å². The second-order valence-electron chi connectivity index (χ2n) is 7.47. The van der Waals surface area contributed by atoms with Crippen LogP contribution in [-0.2, 0) is 20.2 Å². The van der Waals surface area contributed by atoms with Crippen molar-refractivity contribution in [3.05, 3.63) is 67.8 Å². The SMILES string of the molecule is O=[N+]([O-])c1ccc(S(=O)(=O)O)c(C2CCCC(c3cc([N+](=O)[O-])ccc3S(=O)(=O)O)C2)c1. The number of rotatable bonds is 6. The van der Waals surface area contributed by atoms with Crippen LogP contribution >= 0.6 is 0 Å². The molecule has 1 aliphatic carbocycles. The average molecular weight is 486 g/mol. The van der Waals surface area contributed by atoms with Gasteiger partial charge in [0.2, 0.25) is 0 Å². The Bertz CT molecular complexity index is 1210. The van der Waals surface area contributed by atoms with Crippen molar-refractivity contribution in [2.75, 3.05) is 0 Å². The minimum atomic E-state index is -4.70. The Morgan fingerprint density at radius 2 is 1.12 bits per heavy atom. The van der Waals surface area contributed by atoms with Crippen LogP contribution in [-0.4, -0.2) is 35.8 Å². The van der Waals surface area contributed by atoms with Gasteiger partial charge in [-0.25, -0.2) is 0 Å². The number of hydrogen-bond donors (Lipinski definition) is 2. The maximum absolute atomic E-state index is 11.8. The first-order valence-electron chi connectivity index (χ1n) is 9.30. The van der Waals surface area contributed by atoms with Gasteiger partial charge in [0.05, 0.1) is 19.6 Å². The van der Waals surface area contributed by atoms with Gasteiger partial charge in [-0.2, -0.15) is 16.8 Å². The fraction of sp³-hybridized carbons (Fsp3) is 0.333. The quantitative estimate of drug-likeness (QED) is 0.347. The zero-order valence-corrected chi connectivity index (χ0v) is 18.0. The molecule has 0 heterocycles. The maximum Gasteiger partial charge on any atom is 0.294 e. The molecular formula is C18H18N2O10S2. The lowest BCUT2D eigenvalue weighted by Gasteiger charge is -2.31.